The Hall–Kier alpha value is -3.81. The average molecular weight is 483 g/mol. The Morgan fingerprint density at radius 3 is 2.42 bits per heavy atom. The molecular weight excluding hydrogens is 467 g/mol. The van der Waals surface area contributed by atoms with E-state index in [-0.39, 0.29) is 28.6 Å². The SMILES string of the molecule is O=C1NC(=O)N(c2ccc(O)cc2)C(=O)/C1=C/c1ccc(OCc2cccc(Cl)c2)c(Cl)c1. The number of imide groups is 2. The van der Waals surface area contributed by atoms with Gasteiger partial charge in [0.1, 0.15) is 23.7 Å². The summed E-state index contributed by atoms with van der Waals surface area (Å²) >= 11 is 12.3. The second-order valence-corrected chi connectivity index (χ2v) is 7.93. The molecule has 0 bridgehead atoms. The number of phenolic OH excluding ortho intramolecular Hbond substituents is 1. The molecule has 1 fully saturated rings. The molecule has 0 radical (unpaired) electrons. The van der Waals surface area contributed by atoms with Gasteiger partial charge in [0.15, 0.2) is 0 Å². The van der Waals surface area contributed by atoms with Gasteiger partial charge in [-0.2, -0.15) is 0 Å². The van der Waals surface area contributed by atoms with Crippen molar-refractivity contribution in [2.75, 3.05) is 4.90 Å². The van der Waals surface area contributed by atoms with Crippen LogP contribution in [0.25, 0.3) is 6.08 Å². The molecule has 1 heterocycles. The Balaban J connectivity index is 1.56. The van der Waals surface area contributed by atoms with Crippen molar-refractivity contribution in [2.45, 2.75) is 6.61 Å². The van der Waals surface area contributed by atoms with E-state index in [1.165, 1.54) is 30.3 Å². The first-order chi connectivity index (χ1) is 15.8. The number of urea groups is 1. The van der Waals surface area contributed by atoms with Gasteiger partial charge in [0.2, 0.25) is 0 Å². The first-order valence-electron chi connectivity index (χ1n) is 9.69. The van der Waals surface area contributed by atoms with Crippen LogP contribution in [0, 0.1) is 0 Å². The van der Waals surface area contributed by atoms with Crippen molar-refractivity contribution in [1.29, 1.82) is 0 Å². The van der Waals surface area contributed by atoms with E-state index in [2.05, 4.69) is 5.32 Å². The lowest BCUT2D eigenvalue weighted by Crippen LogP contribution is -2.54. The molecule has 1 aliphatic heterocycles. The summed E-state index contributed by atoms with van der Waals surface area (Å²) in [4.78, 5) is 38.3. The third kappa shape index (κ3) is 5.00. The van der Waals surface area contributed by atoms with Crippen molar-refractivity contribution >= 4 is 52.8 Å². The average Bonchev–Trinajstić information content (AvgIpc) is 2.77. The highest BCUT2D eigenvalue weighted by atomic mass is 35.5. The number of hydrogen-bond acceptors (Lipinski definition) is 5. The van der Waals surface area contributed by atoms with Gasteiger partial charge in [-0.05, 0) is 65.7 Å². The summed E-state index contributed by atoms with van der Waals surface area (Å²) in [6.45, 7) is 0.255. The maximum absolute atomic E-state index is 12.9. The molecule has 33 heavy (non-hydrogen) atoms. The molecule has 1 aliphatic rings. The summed E-state index contributed by atoms with van der Waals surface area (Å²) in [7, 11) is 0. The van der Waals surface area contributed by atoms with E-state index in [9.17, 15) is 19.5 Å². The minimum absolute atomic E-state index is 0.0252. The fourth-order valence-electron chi connectivity index (χ4n) is 3.17. The third-order valence-electron chi connectivity index (χ3n) is 4.76. The molecule has 166 valence electrons. The Morgan fingerprint density at radius 2 is 1.73 bits per heavy atom. The van der Waals surface area contributed by atoms with Crippen LogP contribution in [0.3, 0.4) is 0 Å². The van der Waals surface area contributed by atoms with E-state index in [1.54, 1.807) is 30.3 Å². The van der Waals surface area contributed by atoms with Gasteiger partial charge in [0.05, 0.1) is 10.7 Å². The van der Waals surface area contributed by atoms with Crippen LogP contribution in [-0.2, 0) is 16.2 Å². The van der Waals surface area contributed by atoms with E-state index >= 15 is 0 Å². The zero-order valence-electron chi connectivity index (χ0n) is 16.9. The van der Waals surface area contributed by atoms with Crippen LogP contribution in [0.1, 0.15) is 11.1 Å². The normalized spacial score (nSPS) is 15.0. The molecule has 1 saturated heterocycles. The topological polar surface area (TPSA) is 95.9 Å². The van der Waals surface area contributed by atoms with Gasteiger partial charge < -0.3 is 9.84 Å². The van der Waals surface area contributed by atoms with Crippen LogP contribution >= 0.6 is 23.2 Å². The van der Waals surface area contributed by atoms with Gasteiger partial charge in [0, 0.05) is 5.02 Å². The first-order valence-corrected chi connectivity index (χ1v) is 10.4. The first kappa shape index (κ1) is 22.4. The van der Waals surface area contributed by atoms with Crippen LogP contribution < -0.4 is 15.0 Å². The van der Waals surface area contributed by atoms with Crippen molar-refractivity contribution in [3.8, 4) is 11.5 Å². The maximum Gasteiger partial charge on any atom is 0.335 e. The number of barbiturate groups is 1. The zero-order chi connectivity index (χ0) is 23.5. The lowest BCUT2D eigenvalue weighted by molar-refractivity contribution is -0.122. The zero-order valence-corrected chi connectivity index (χ0v) is 18.4. The number of anilines is 1. The molecule has 0 spiro atoms. The van der Waals surface area contributed by atoms with Gasteiger partial charge in [-0.1, -0.05) is 41.4 Å². The molecular formula is C24H16Cl2N2O5. The van der Waals surface area contributed by atoms with Gasteiger partial charge >= 0.3 is 6.03 Å². The molecule has 3 aromatic carbocycles. The Morgan fingerprint density at radius 1 is 0.970 bits per heavy atom. The van der Waals surface area contributed by atoms with Gasteiger partial charge in [0.25, 0.3) is 11.8 Å². The van der Waals surface area contributed by atoms with Crippen molar-refractivity contribution in [3.05, 3.63) is 93.5 Å². The lowest BCUT2D eigenvalue weighted by atomic mass is 10.1. The summed E-state index contributed by atoms with van der Waals surface area (Å²) in [6.07, 6.45) is 1.34. The van der Waals surface area contributed by atoms with Crippen molar-refractivity contribution in [1.82, 2.24) is 5.32 Å². The quantitative estimate of drug-likeness (QED) is 0.396. The summed E-state index contributed by atoms with van der Waals surface area (Å²) in [5.74, 6) is -1.23. The number of carbonyl (C=O) groups is 3. The number of ether oxygens (including phenoxy) is 1. The van der Waals surface area contributed by atoms with Crippen LogP contribution in [0.15, 0.2) is 72.3 Å². The van der Waals surface area contributed by atoms with Crippen LogP contribution in [-0.4, -0.2) is 23.0 Å². The van der Waals surface area contributed by atoms with Crippen LogP contribution in [0.5, 0.6) is 11.5 Å². The number of nitrogens with one attached hydrogen (secondary N) is 1. The van der Waals surface area contributed by atoms with E-state index in [0.29, 0.717) is 16.3 Å². The highest BCUT2D eigenvalue weighted by Crippen LogP contribution is 2.29. The van der Waals surface area contributed by atoms with E-state index < -0.39 is 17.8 Å². The fourth-order valence-corrected chi connectivity index (χ4v) is 3.63. The fraction of sp³-hybridized carbons (Fsp3) is 0.0417. The molecule has 0 unspecified atom stereocenters. The predicted octanol–water partition coefficient (Wildman–Crippen LogP) is 4.94. The number of phenols is 1. The Bertz CT molecular complexity index is 1290. The minimum Gasteiger partial charge on any atom is -0.508 e. The molecule has 0 aliphatic carbocycles. The molecule has 7 nitrogen and oxygen atoms in total. The Labute approximate surface area is 198 Å². The second kappa shape index (κ2) is 9.36. The standard InChI is InChI=1S/C24H16Cl2N2O5/c25-16-3-1-2-15(10-16)13-33-21-9-4-14(12-20(21)26)11-19-22(30)27-24(32)28(23(19)31)17-5-7-18(29)8-6-17/h1-12,29H,13H2,(H,27,30,32)/b19-11+. The number of benzene rings is 3. The van der Waals surface area contributed by atoms with Crippen LogP contribution in [0.4, 0.5) is 10.5 Å². The molecule has 4 rings (SSSR count). The summed E-state index contributed by atoms with van der Waals surface area (Å²) in [5, 5.41) is 12.5. The molecule has 2 N–H and O–H groups in total. The molecule has 0 aromatic heterocycles. The summed E-state index contributed by atoms with van der Waals surface area (Å²) in [5.41, 5.74) is 1.30. The van der Waals surface area contributed by atoms with E-state index in [1.807, 2.05) is 12.1 Å². The highest BCUT2D eigenvalue weighted by Gasteiger charge is 2.36. The number of rotatable bonds is 5. The predicted molar refractivity (Wildman–Crippen MR) is 124 cm³/mol. The van der Waals surface area contributed by atoms with Gasteiger partial charge in [-0.15, -0.1) is 0 Å². The summed E-state index contributed by atoms with van der Waals surface area (Å²) < 4.78 is 5.73. The molecule has 0 saturated carbocycles. The lowest BCUT2D eigenvalue weighted by Gasteiger charge is -2.26. The van der Waals surface area contributed by atoms with Crippen LogP contribution in [0.2, 0.25) is 10.0 Å². The maximum atomic E-state index is 12.9. The highest BCUT2D eigenvalue weighted by molar-refractivity contribution is 6.39. The van der Waals surface area contributed by atoms with Crippen molar-refractivity contribution in [2.24, 2.45) is 0 Å². The largest absolute Gasteiger partial charge is 0.508 e. The Kier molecular flexibility index (Phi) is 6.35. The van der Waals surface area contributed by atoms with Gasteiger partial charge in [-0.3, -0.25) is 14.9 Å². The smallest absolute Gasteiger partial charge is 0.335 e. The van der Waals surface area contributed by atoms with Crippen molar-refractivity contribution in [3.63, 3.8) is 0 Å². The molecule has 9 heteroatoms. The van der Waals surface area contributed by atoms with Gasteiger partial charge in [-0.25, -0.2) is 9.69 Å². The number of carbonyl (C=O) groups excluding carboxylic acids is 3. The second-order valence-electron chi connectivity index (χ2n) is 7.08. The molecule has 3 aromatic rings. The number of halogens is 2. The number of aromatic hydroxyl groups is 1. The number of nitrogens with zero attached hydrogens (tertiary/aromatic N) is 1. The molecule has 0 atom stereocenters. The number of amides is 4. The van der Waals surface area contributed by atoms with Crippen molar-refractivity contribution < 1.29 is 24.2 Å². The number of hydrogen-bond donors (Lipinski definition) is 2. The minimum atomic E-state index is -0.879. The monoisotopic (exact) mass is 482 g/mol. The summed E-state index contributed by atoms with van der Waals surface area (Å²) in [6, 6.07) is 16.6. The third-order valence-corrected chi connectivity index (χ3v) is 5.29. The molecule has 4 amide bonds. The van der Waals surface area contributed by atoms with E-state index in [4.69, 9.17) is 27.9 Å². The van der Waals surface area contributed by atoms with E-state index in [0.717, 1.165) is 10.5 Å².